The van der Waals surface area contributed by atoms with Gasteiger partial charge < -0.3 is 28.5 Å². The van der Waals surface area contributed by atoms with Gasteiger partial charge in [0.25, 0.3) is 0 Å². The maximum Gasteiger partial charge on any atom is 0.192 e. The van der Waals surface area contributed by atoms with Gasteiger partial charge >= 0.3 is 0 Å². The van der Waals surface area contributed by atoms with Crippen molar-refractivity contribution in [3.63, 3.8) is 0 Å². The van der Waals surface area contributed by atoms with Gasteiger partial charge in [0.05, 0.1) is 37.6 Å². The van der Waals surface area contributed by atoms with Crippen LogP contribution in [0.2, 0.25) is 18.1 Å². The van der Waals surface area contributed by atoms with Crippen LogP contribution in [0.3, 0.4) is 0 Å². The molecular weight excluding hydrogens is 412 g/mol. The molecule has 4 rings (SSSR count). The lowest BCUT2D eigenvalue weighted by Crippen LogP contribution is -2.48. The summed E-state index contributed by atoms with van der Waals surface area (Å²) in [4.78, 5) is 0. The van der Waals surface area contributed by atoms with E-state index in [1.165, 1.54) is 0 Å². The molecule has 31 heavy (non-hydrogen) atoms. The van der Waals surface area contributed by atoms with Gasteiger partial charge in [0.1, 0.15) is 12.2 Å². The smallest absolute Gasteiger partial charge is 0.192 e. The third-order valence-electron chi connectivity index (χ3n) is 7.28. The van der Waals surface area contributed by atoms with Crippen LogP contribution < -0.4 is 0 Å². The van der Waals surface area contributed by atoms with Crippen LogP contribution in [0.15, 0.2) is 30.3 Å². The van der Waals surface area contributed by atoms with Crippen molar-refractivity contribution in [2.24, 2.45) is 0 Å². The van der Waals surface area contributed by atoms with E-state index >= 15 is 0 Å². The Morgan fingerprint density at radius 3 is 2.35 bits per heavy atom. The summed E-state index contributed by atoms with van der Waals surface area (Å²) >= 11 is 0. The van der Waals surface area contributed by atoms with E-state index in [4.69, 9.17) is 23.4 Å². The minimum atomic E-state index is -1.97. The first-order chi connectivity index (χ1) is 14.7. The van der Waals surface area contributed by atoms with Crippen LogP contribution in [0.5, 0.6) is 0 Å². The van der Waals surface area contributed by atoms with Gasteiger partial charge in [-0.1, -0.05) is 51.1 Å². The molecule has 0 unspecified atom stereocenters. The van der Waals surface area contributed by atoms with E-state index in [2.05, 4.69) is 33.9 Å². The molecule has 3 fully saturated rings. The zero-order chi connectivity index (χ0) is 22.2. The first kappa shape index (κ1) is 23.4. The molecule has 1 N–H and O–H groups in total. The molecule has 3 saturated heterocycles. The Labute approximate surface area is 187 Å². The number of fused-ring (bicyclic) bond motifs is 1. The highest BCUT2D eigenvalue weighted by Gasteiger charge is 2.48. The normalized spacial score (nSPS) is 36.5. The minimum Gasteiger partial charge on any atom is -0.411 e. The lowest BCUT2D eigenvalue weighted by Gasteiger charge is -2.41. The summed E-state index contributed by atoms with van der Waals surface area (Å²) in [5.74, 6) is 0. The molecule has 0 aliphatic carbocycles. The fourth-order valence-corrected chi connectivity index (χ4v) is 5.62. The molecule has 1 aromatic carbocycles. The molecule has 0 spiro atoms. The summed E-state index contributed by atoms with van der Waals surface area (Å²) < 4.78 is 31.5. The van der Waals surface area contributed by atoms with Crippen molar-refractivity contribution in [3.05, 3.63) is 35.9 Å². The molecule has 7 atom stereocenters. The summed E-state index contributed by atoms with van der Waals surface area (Å²) in [7, 11) is -1.97. The number of hydrogen-bond donors (Lipinski definition) is 1. The largest absolute Gasteiger partial charge is 0.411 e. The predicted octanol–water partition coefficient (Wildman–Crippen LogP) is 4.19. The second-order valence-corrected chi connectivity index (χ2v) is 15.3. The highest BCUT2D eigenvalue weighted by molar-refractivity contribution is 6.74. The molecule has 3 heterocycles. The van der Waals surface area contributed by atoms with Gasteiger partial charge in [0, 0.05) is 12.0 Å². The zero-order valence-corrected chi connectivity index (χ0v) is 20.5. The predicted molar refractivity (Wildman–Crippen MR) is 120 cm³/mol. The summed E-state index contributed by atoms with van der Waals surface area (Å²) in [6.07, 6.45) is 1.87. The molecule has 3 aliphatic heterocycles. The maximum absolute atomic E-state index is 9.42. The fraction of sp³-hybridized carbons (Fsp3) is 0.750. The Hall–Kier alpha value is -0.803. The van der Waals surface area contributed by atoms with E-state index in [-0.39, 0.29) is 54.6 Å². The van der Waals surface area contributed by atoms with Crippen molar-refractivity contribution in [1.82, 2.24) is 0 Å². The number of hydrogen-bond acceptors (Lipinski definition) is 6. The van der Waals surface area contributed by atoms with Gasteiger partial charge in [-0.05, 0) is 31.0 Å². The lowest BCUT2D eigenvalue weighted by molar-refractivity contribution is -0.270. The van der Waals surface area contributed by atoms with Crippen LogP contribution >= 0.6 is 0 Å². The Kier molecular flexibility index (Phi) is 6.94. The van der Waals surface area contributed by atoms with Crippen LogP contribution in [0.4, 0.5) is 0 Å². The third-order valence-corrected chi connectivity index (χ3v) is 11.8. The van der Waals surface area contributed by atoms with Crippen molar-refractivity contribution in [1.29, 1.82) is 0 Å². The molecular formula is C24H38O6Si. The molecule has 6 nitrogen and oxygen atoms in total. The number of aliphatic hydroxyl groups is 1. The van der Waals surface area contributed by atoms with Crippen LogP contribution in [0, 0.1) is 0 Å². The Morgan fingerprint density at radius 2 is 1.71 bits per heavy atom. The van der Waals surface area contributed by atoms with Gasteiger partial charge in [0.15, 0.2) is 14.6 Å². The van der Waals surface area contributed by atoms with Gasteiger partial charge in [-0.25, -0.2) is 0 Å². The van der Waals surface area contributed by atoms with Gasteiger partial charge in [-0.15, -0.1) is 0 Å². The van der Waals surface area contributed by atoms with E-state index in [1.807, 2.05) is 30.3 Å². The van der Waals surface area contributed by atoms with Crippen molar-refractivity contribution >= 4 is 8.32 Å². The quantitative estimate of drug-likeness (QED) is 0.518. The van der Waals surface area contributed by atoms with E-state index in [1.54, 1.807) is 0 Å². The average Bonchev–Trinajstić information content (AvgIpc) is 3.51. The fourth-order valence-electron chi connectivity index (χ4n) is 4.24. The first-order valence-electron chi connectivity index (χ1n) is 11.6. The molecule has 1 aromatic rings. The molecule has 7 heteroatoms. The molecule has 0 aromatic heterocycles. The van der Waals surface area contributed by atoms with Crippen molar-refractivity contribution in [3.8, 4) is 0 Å². The topological polar surface area (TPSA) is 69.7 Å². The number of aliphatic hydroxyl groups excluding tert-OH is 1. The Balaban J connectivity index is 1.48. The van der Waals surface area contributed by atoms with E-state index in [0.29, 0.717) is 6.61 Å². The molecule has 0 radical (unpaired) electrons. The van der Waals surface area contributed by atoms with Gasteiger partial charge in [-0.2, -0.15) is 0 Å². The molecule has 0 bridgehead atoms. The monoisotopic (exact) mass is 450 g/mol. The van der Waals surface area contributed by atoms with Gasteiger partial charge in [-0.3, -0.25) is 0 Å². The Morgan fingerprint density at radius 1 is 0.968 bits per heavy atom. The van der Waals surface area contributed by atoms with E-state index < -0.39 is 8.32 Å². The van der Waals surface area contributed by atoms with Gasteiger partial charge in [0.2, 0.25) is 0 Å². The summed E-state index contributed by atoms with van der Waals surface area (Å²) in [6, 6.07) is 10.1. The van der Waals surface area contributed by atoms with Crippen LogP contribution in [-0.4, -0.2) is 63.3 Å². The van der Waals surface area contributed by atoms with E-state index in [9.17, 15) is 5.11 Å². The van der Waals surface area contributed by atoms with Crippen molar-refractivity contribution in [2.75, 3.05) is 13.2 Å². The van der Waals surface area contributed by atoms with Crippen LogP contribution in [0.25, 0.3) is 0 Å². The lowest BCUT2D eigenvalue weighted by atomic mass is 10.0. The summed E-state index contributed by atoms with van der Waals surface area (Å²) in [5, 5.41) is 9.54. The first-order valence-corrected chi connectivity index (χ1v) is 14.5. The molecule has 174 valence electrons. The highest BCUT2D eigenvalue weighted by atomic mass is 28.4. The van der Waals surface area contributed by atoms with Crippen molar-refractivity contribution < 1.29 is 28.5 Å². The SMILES string of the molecule is CC(C)(C)[Si](C)(C)O[C@H]1CC[C@H]2O[C@@H](c3ccccc3)OC[C@@H]2O[C@@H]1C[C@@H]1O[C@H]1CO. The number of benzene rings is 1. The number of ether oxygens (including phenoxy) is 4. The summed E-state index contributed by atoms with van der Waals surface area (Å²) in [6.45, 7) is 11.9. The minimum absolute atomic E-state index is 0.00573. The van der Waals surface area contributed by atoms with Crippen LogP contribution in [0.1, 0.15) is 51.9 Å². The standard InChI is InChI=1S/C24H38O6Si/c1-24(2,3)31(4,5)30-18-12-11-17-22(28-19(18)13-20-21(14-25)27-20)15-26-23(29-17)16-9-7-6-8-10-16/h6-10,17-23,25H,11-15H2,1-5H3/t17-,18+,19-,20+,21+,22+,23+/m1/s1. The maximum atomic E-state index is 9.42. The average molecular weight is 451 g/mol. The van der Waals surface area contributed by atoms with Crippen molar-refractivity contribution in [2.45, 2.75) is 101 Å². The zero-order valence-electron chi connectivity index (χ0n) is 19.5. The highest BCUT2D eigenvalue weighted by Crippen LogP contribution is 2.42. The number of rotatable bonds is 6. The molecule has 0 amide bonds. The second kappa shape index (κ2) is 9.21. The van der Waals surface area contributed by atoms with E-state index in [0.717, 1.165) is 24.8 Å². The Bertz CT molecular complexity index is 721. The van der Waals surface area contributed by atoms with Crippen LogP contribution in [-0.2, 0) is 23.4 Å². The third kappa shape index (κ3) is 5.41. The number of epoxide rings is 1. The summed E-state index contributed by atoms with van der Waals surface area (Å²) in [5.41, 5.74) is 1.04. The molecule has 3 aliphatic rings. The second-order valence-electron chi connectivity index (χ2n) is 10.6. The molecule has 0 saturated carbocycles.